The van der Waals surface area contributed by atoms with E-state index in [-0.39, 0.29) is 0 Å². The molecule has 0 saturated heterocycles. The lowest BCUT2D eigenvalue weighted by Gasteiger charge is -2.19. The van der Waals surface area contributed by atoms with Crippen molar-refractivity contribution in [3.63, 3.8) is 0 Å². The van der Waals surface area contributed by atoms with Crippen LogP contribution >= 0.6 is 15.9 Å². The summed E-state index contributed by atoms with van der Waals surface area (Å²) in [6.07, 6.45) is 7.28. The van der Waals surface area contributed by atoms with Gasteiger partial charge in [-0.2, -0.15) is 0 Å². The molecule has 0 N–H and O–H groups in total. The number of halogens is 1. The Hall–Kier alpha value is 0.480. The summed E-state index contributed by atoms with van der Waals surface area (Å²) >= 11 is 3.62. The Morgan fingerprint density at radius 1 is 1.27 bits per heavy atom. The second kappa shape index (κ2) is 4.49. The molecule has 11 heavy (non-hydrogen) atoms. The minimum atomic E-state index is 0.707. The van der Waals surface area contributed by atoms with Gasteiger partial charge >= 0.3 is 0 Å². The molecule has 1 fully saturated rings. The highest BCUT2D eigenvalue weighted by Gasteiger charge is 2.21. The van der Waals surface area contributed by atoms with Crippen LogP contribution in [0, 0.1) is 11.8 Å². The Kier molecular flexibility index (Phi) is 3.91. The fourth-order valence-electron chi connectivity index (χ4n) is 2.23. The van der Waals surface area contributed by atoms with E-state index in [4.69, 9.17) is 0 Å². The van der Waals surface area contributed by atoms with Crippen LogP contribution in [0.25, 0.3) is 0 Å². The van der Waals surface area contributed by atoms with Crippen LogP contribution in [0.1, 0.15) is 46.0 Å². The maximum absolute atomic E-state index is 3.62. The predicted molar refractivity (Wildman–Crippen MR) is 54.1 cm³/mol. The van der Waals surface area contributed by atoms with Gasteiger partial charge in [0.2, 0.25) is 0 Å². The predicted octanol–water partition coefficient (Wildman–Crippen LogP) is 3.99. The van der Waals surface area contributed by atoms with Crippen molar-refractivity contribution in [3.05, 3.63) is 0 Å². The van der Waals surface area contributed by atoms with Crippen molar-refractivity contribution in [1.82, 2.24) is 0 Å². The van der Waals surface area contributed by atoms with Crippen molar-refractivity contribution >= 4 is 15.9 Å². The topological polar surface area (TPSA) is 0 Å². The summed E-state index contributed by atoms with van der Waals surface area (Å²) in [5.74, 6) is 1.97. The first kappa shape index (κ1) is 9.57. The minimum absolute atomic E-state index is 0.707. The molecule has 0 aromatic rings. The maximum atomic E-state index is 3.62. The van der Waals surface area contributed by atoms with Crippen LogP contribution in [-0.4, -0.2) is 4.83 Å². The average Bonchev–Trinajstić information content (AvgIpc) is 2.35. The van der Waals surface area contributed by atoms with E-state index in [0.717, 1.165) is 11.8 Å². The SMILES string of the molecule is CC(Br)CC(C)C1CCCC1. The van der Waals surface area contributed by atoms with Crippen LogP contribution in [-0.2, 0) is 0 Å². The number of hydrogen-bond donors (Lipinski definition) is 0. The lowest BCUT2D eigenvalue weighted by atomic mass is 9.89. The van der Waals surface area contributed by atoms with Gasteiger partial charge in [-0.25, -0.2) is 0 Å². The number of hydrogen-bond acceptors (Lipinski definition) is 0. The fraction of sp³-hybridized carbons (Fsp3) is 1.00. The van der Waals surface area contributed by atoms with Crippen LogP contribution in [0.5, 0.6) is 0 Å². The molecule has 1 aliphatic rings. The Bertz CT molecular complexity index is 103. The molecule has 0 amide bonds. The standard InChI is InChI=1S/C10H19Br/c1-8(7-9(2)11)10-5-3-4-6-10/h8-10H,3-7H2,1-2H3. The minimum Gasteiger partial charge on any atom is -0.0894 e. The van der Waals surface area contributed by atoms with Crippen molar-refractivity contribution < 1.29 is 0 Å². The smallest absolute Gasteiger partial charge is 0.0120 e. The van der Waals surface area contributed by atoms with Gasteiger partial charge in [0, 0.05) is 4.83 Å². The number of alkyl halides is 1. The highest BCUT2D eigenvalue weighted by molar-refractivity contribution is 9.09. The Morgan fingerprint density at radius 2 is 1.82 bits per heavy atom. The Balaban J connectivity index is 2.22. The molecule has 66 valence electrons. The maximum Gasteiger partial charge on any atom is 0.0120 e. The third-order valence-electron chi connectivity index (χ3n) is 2.90. The second-order valence-corrected chi connectivity index (χ2v) is 5.60. The third kappa shape index (κ3) is 3.14. The average molecular weight is 219 g/mol. The summed E-state index contributed by atoms with van der Waals surface area (Å²) in [4.78, 5) is 0.707. The molecule has 1 heteroatoms. The van der Waals surface area contributed by atoms with E-state index in [9.17, 15) is 0 Å². The first-order valence-electron chi connectivity index (χ1n) is 4.84. The molecule has 1 aliphatic carbocycles. The zero-order chi connectivity index (χ0) is 8.27. The first-order valence-corrected chi connectivity index (χ1v) is 5.75. The van der Waals surface area contributed by atoms with Crippen LogP contribution in [0.15, 0.2) is 0 Å². The molecule has 0 aromatic carbocycles. The molecular weight excluding hydrogens is 200 g/mol. The van der Waals surface area contributed by atoms with Crippen molar-refractivity contribution in [2.45, 2.75) is 50.8 Å². The quantitative estimate of drug-likeness (QED) is 0.629. The van der Waals surface area contributed by atoms with E-state index in [0.29, 0.717) is 4.83 Å². The van der Waals surface area contributed by atoms with Gasteiger partial charge in [0.15, 0.2) is 0 Å². The first-order chi connectivity index (χ1) is 5.20. The summed E-state index contributed by atoms with van der Waals surface area (Å²) in [6, 6.07) is 0. The van der Waals surface area contributed by atoms with E-state index in [1.165, 1.54) is 32.1 Å². The highest BCUT2D eigenvalue weighted by atomic mass is 79.9. The molecule has 0 nitrogen and oxygen atoms in total. The molecule has 1 saturated carbocycles. The van der Waals surface area contributed by atoms with Crippen molar-refractivity contribution in [1.29, 1.82) is 0 Å². The van der Waals surface area contributed by atoms with Gasteiger partial charge in [0.05, 0.1) is 0 Å². The summed E-state index contributed by atoms with van der Waals surface area (Å²) in [6.45, 7) is 4.67. The van der Waals surface area contributed by atoms with Gasteiger partial charge in [0.25, 0.3) is 0 Å². The van der Waals surface area contributed by atoms with Gasteiger partial charge in [0.1, 0.15) is 0 Å². The van der Waals surface area contributed by atoms with Crippen LogP contribution in [0.3, 0.4) is 0 Å². The molecule has 0 heterocycles. The summed E-state index contributed by atoms with van der Waals surface area (Å²) in [5.41, 5.74) is 0. The molecular formula is C10H19Br. The van der Waals surface area contributed by atoms with E-state index >= 15 is 0 Å². The molecule has 2 atom stereocenters. The Morgan fingerprint density at radius 3 is 2.27 bits per heavy atom. The molecule has 0 aromatic heterocycles. The van der Waals surface area contributed by atoms with Crippen molar-refractivity contribution in [2.24, 2.45) is 11.8 Å². The monoisotopic (exact) mass is 218 g/mol. The normalized spacial score (nSPS) is 25.4. The molecule has 0 aliphatic heterocycles. The third-order valence-corrected chi connectivity index (χ3v) is 3.27. The Labute approximate surface area is 78.9 Å². The van der Waals surface area contributed by atoms with Crippen LogP contribution in [0.2, 0.25) is 0 Å². The fourth-order valence-corrected chi connectivity index (χ4v) is 2.82. The molecule has 0 radical (unpaired) electrons. The van der Waals surface area contributed by atoms with E-state index in [2.05, 4.69) is 29.8 Å². The second-order valence-electron chi connectivity index (χ2n) is 4.04. The van der Waals surface area contributed by atoms with Gasteiger partial charge in [-0.05, 0) is 18.3 Å². The van der Waals surface area contributed by atoms with Gasteiger partial charge < -0.3 is 0 Å². The summed E-state index contributed by atoms with van der Waals surface area (Å²) < 4.78 is 0. The number of rotatable bonds is 3. The van der Waals surface area contributed by atoms with Gasteiger partial charge in [-0.15, -0.1) is 0 Å². The molecule has 1 rings (SSSR count). The van der Waals surface area contributed by atoms with Gasteiger partial charge in [-0.3, -0.25) is 0 Å². The zero-order valence-corrected chi connectivity index (χ0v) is 9.23. The van der Waals surface area contributed by atoms with Crippen molar-refractivity contribution in [3.8, 4) is 0 Å². The lowest BCUT2D eigenvalue weighted by molar-refractivity contribution is 0.347. The van der Waals surface area contributed by atoms with Crippen LogP contribution in [0.4, 0.5) is 0 Å². The van der Waals surface area contributed by atoms with E-state index in [1.807, 2.05) is 0 Å². The molecule has 0 bridgehead atoms. The lowest BCUT2D eigenvalue weighted by Crippen LogP contribution is -2.11. The highest BCUT2D eigenvalue weighted by Crippen LogP contribution is 2.34. The van der Waals surface area contributed by atoms with E-state index < -0.39 is 0 Å². The van der Waals surface area contributed by atoms with Gasteiger partial charge in [-0.1, -0.05) is 55.5 Å². The largest absolute Gasteiger partial charge is 0.0894 e. The summed E-state index contributed by atoms with van der Waals surface area (Å²) in [5, 5.41) is 0. The van der Waals surface area contributed by atoms with E-state index in [1.54, 1.807) is 0 Å². The molecule has 2 unspecified atom stereocenters. The van der Waals surface area contributed by atoms with Crippen molar-refractivity contribution in [2.75, 3.05) is 0 Å². The van der Waals surface area contributed by atoms with Crippen LogP contribution < -0.4 is 0 Å². The molecule has 0 spiro atoms. The summed E-state index contributed by atoms with van der Waals surface area (Å²) in [7, 11) is 0. The zero-order valence-electron chi connectivity index (χ0n) is 7.65.